The Kier molecular flexibility index (Phi) is 6.36. The number of carbonyl (C=O) groups excluding carboxylic acids is 1. The van der Waals surface area contributed by atoms with Crippen molar-refractivity contribution < 1.29 is 13.9 Å². The molecule has 1 amide bonds. The van der Waals surface area contributed by atoms with Crippen molar-refractivity contribution in [1.29, 1.82) is 0 Å². The summed E-state index contributed by atoms with van der Waals surface area (Å²) < 4.78 is 18.9. The molecule has 0 bridgehead atoms. The Hall–Kier alpha value is -2.24. The molecule has 5 heteroatoms. The van der Waals surface area contributed by atoms with Gasteiger partial charge in [-0.25, -0.2) is 4.39 Å². The Labute approximate surface area is 154 Å². The third-order valence-electron chi connectivity index (χ3n) is 4.72. The summed E-state index contributed by atoms with van der Waals surface area (Å²) in [6, 6.07) is 16.2. The SMILES string of the molecule is CCN(C(=O)CCN1CCO[C@H](c2ccc(F)cc2)C1)c1ccccc1. The van der Waals surface area contributed by atoms with Crippen LogP contribution in [0.4, 0.5) is 10.1 Å². The maximum atomic E-state index is 13.1. The normalized spacial score (nSPS) is 17.8. The average molecular weight is 356 g/mol. The maximum absolute atomic E-state index is 13.1. The zero-order valence-electron chi connectivity index (χ0n) is 15.1. The molecule has 1 saturated heterocycles. The molecule has 0 unspecified atom stereocenters. The largest absolute Gasteiger partial charge is 0.371 e. The average Bonchev–Trinajstić information content (AvgIpc) is 2.68. The monoisotopic (exact) mass is 356 g/mol. The predicted octanol–water partition coefficient (Wildman–Crippen LogP) is 3.64. The minimum atomic E-state index is -0.243. The van der Waals surface area contributed by atoms with E-state index in [1.54, 1.807) is 12.1 Å². The molecule has 0 spiro atoms. The highest BCUT2D eigenvalue weighted by Gasteiger charge is 2.23. The van der Waals surface area contributed by atoms with Crippen molar-refractivity contribution in [2.45, 2.75) is 19.4 Å². The molecule has 0 saturated carbocycles. The van der Waals surface area contributed by atoms with Crippen LogP contribution in [0.15, 0.2) is 54.6 Å². The summed E-state index contributed by atoms with van der Waals surface area (Å²) in [7, 11) is 0. The molecule has 0 radical (unpaired) electrons. The fourth-order valence-electron chi connectivity index (χ4n) is 3.28. The van der Waals surface area contributed by atoms with Gasteiger partial charge in [0, 0.05) is 38.3 Å². The van der Waals surface area contributed by atoms with Gasteiger partial charge in [0.15, 0.2) is 0 Å². The first-order chi connectivity index (χ1) is 12.7. The second-order valence-electron chi connectivity index (χ2n) is 6.44. The zero-order chi connectivity index (χ0) is 18.4. The van der Waals surface area contributed by atoms with Crippen molar-refractivity contribution >= 4 is 11.6 Å². The van der Waals surface area contributed by atoms with Crippen LogP contribution in [-0.2, 0) is 9.53 Å². The molecule has 4 nitrogen and oxygen atoms in total. The van der Waals surface area contributed by atoms with Crippen LogP contribution in [0.5, 0.6) is 0 Å². The van der Waals surface area contributed by atoms with Gasteiger partial charge in [-0.05, 0) is 36.8 Å². The molecule has 2 aromatic rings. The lowest BCUT2D eigenvalue weighted by molar-refractivity contribution is -0.119. The molecule has 0 aromatic heterocycles. The van der Waals surface area contributed by atoms with Crippen molar-refractivity contribution in [3.63, 3.8) is 0 Å². The molecular weight excluding hydrogens is 331 g/mol. The number of rotatable bonds is 6. The Balaban J connectivity index is 1.55. The van der Waals surface area contributed by atoms with Crippen LogP contribution in [0.3, 0.4) is 0 Å². The van der Waals surface area contributed by atoms with Crippen molar-refractivity contribution in [2.75, 3.05) is 37.7 Å². The van der Waals surface area contributed by atoms with Crippen molar-refractivity contribution in [2.24, 2.45) is 0 Å². The van der Waals surface area contributed by atoms with E-state index in [4.69, 9.17) is 4.74 Å². The minimum absolute atomic E-state index is 0.0733. The van der Waals surface area contributed by atoms with Gasteiger partial charge in [0.1, 0.15) is 5.82 Å². The fourth-order valence-corrected chi connectivity index (χ4v) is 3.28. The van der Waals surface area contributed by atoms with Gasteiger partial charge in [-0.15, -0.1) is 0 Å². The predicted molar refractivity (Wildman–Crippen MR) is 101 cm³/mol. The van der Waals surface area contributed by atoms with E-state index < -0.39 is 0 Å². The first kappa shape index (κ1) is 18.5. The van der Waals surface area contributed by atoms with Gasteiger partial charge in [-0.2, -0.15) is 0 Å². The second kappa shape index (κ2) is 8.92. The third kappa shape index (κ3) is 4.68. The van der Waals surface area contributed by atoms with Gasteiger partial charge in [0.2, 0.25) is 5.91 Å². The molecule has 1 atom stereocenters. The number of nitrogens with zero attached hydrogens (tertiary/aromatic N) is 2. The lowest BCUT2D eigenvalue weighted by Gasteiger charge is -2.33. The van der Waals surface area contributed by atoms with Crippen LogP contribution < -0.4 is 4.90 Å². The molecule has 1 aliphatic rings. The summed E-state index contributed by atoms with van der Waals surface area (Å²) in [5.74, 6) is -0.115. The van der Waals surface area contributed by atoms with Crippen LogP contribution >= 0.6 is 0 Å². The van der Waals surface area contributed by atoms with Gasteiger partial charge >= 0.3 is 0 Å². The second-order valence-corrected chi connectivity index (χ2v) is 6.44. The molecule has 1 aliphatic heterocycles. The number of amides is 1. The van der Waals surface area contributed by atoms with Gasteiger partial charge in [-0.1, -0.05) is 30.3 Å². The molecule has 2 aromatic carbocycles. The number of carbonyl (C=O) groups is 1. The molecule has 1 fully saturated rings. The number of para-hydroxylation sites is 1. The van der Waals surface area contributed by atoms with Crippen molar-refractivity contribution in [1.82, 2.24) is 4.90 Å². The number of halogens is 1. The van der Waals surface area contributed by atoms with E-state index >= 15 is 0 Å². The van der Waals surface area contributed by atoms with Crippen molar-refractivity contribution in [3.05, 3.63) is 66.0 Å². The topological polar surface area (TPSA) is 32.8 Å². The Morgan fingerprint density at radius 3 is 2.62 bits per heavy atom. The first-order valence-electron chi connectivity index (χ1n) is 9.12. The highest BCUT2D eigenvalue weighted by molar-refractivity contribution is 5.93. The first-order valence-corrected chi connectivity index (χ1v) is 9.12. The summed E-state index contributed by atoms with van der Waals surface area (Å²) in [6.45, 7) is 5.49. The highest BCUT2D eigenvalue weighted by atomic mass is 19.1. The Morgan fingerprint density at radius 2 is 1.92 bits per heavy atom. The number of anilines is 1. The smallest absolute Gasteiger partial charge is 0.228 e. The van der Waals surface area contributed by atoms with E-state index in [1.807, 2.05) is 42.2 Å². The van der Waals surface area contributed by atoms with Crippen LogP contribution in [0.25, 0.3) is 0 Å². The lowest BCUT2D eigenvalue weighted by Crippen LogP contribution is -2.41. The molecule has 26 heavy (non-hydrogen) atoms. The number of hydrogen-bond acceptors (Lipinski definition) is 3. The van der Waals surface area contributed by atoms with Gasteiger partial charge in [0.05, 0.1) is 12.7 Å². The minimum Gasteiger partial charge on any atom is -0.371 e. The number of hydrogen-bond donors (Lipinski definition) is 0. The van der Waals surface area contributed by atoms with E-state index in [2.05, 4.69) is 4.90 Å². The lowest BCUT2D eigenvalue weighted by atomic mass is 10.1. The molecule has 138 valence electrons. The number of morpholine rings is 1. The standard InChI is InChI=1S/C21H25FN2O2/c1-2-24(19-6-4-3-5-7-19)21(25)12-13-23-14-15-26-20(16-23)17-8-10-18(22)11-9-17/h3-11,20H,2,12-16H2,1H3/t20-/m0/s1. The molecule has 1 heterocycles. The van der Waals surface area contributed by atoms with Crippen molar-refractivity contribution in [3.8, 4) is 0 Å². The fraction of sp³-hybridized carbons (Fsp3) is 0.381. The van der Waals surface area contributed by atoms with Gasteiger partial charge < -0.3 is 9.64 Å². The molecule has 0 aliphatic carbocycles. The zero-order valence-corrected chi connectivity index (χ0v) is 15.1. The molecule has 0 N–H and O–H groups in total. The summed E-state index contributed by atoms with van der Waals surface area (Å²) >= 11 is 0. The van der Waals surface area contributed by atoms with E-state index in [1.165, 1.54) is 12.1 Å². The van der Waals surface area contributed by atoms with E-state index in [-0.39, 0.29) is 17.8 Å². The van der Waals surface area contributed by atoms with E-state index in [0.29, 0.717) is 26.1 Å². The molecular formula is C21H25FN2O2. The number of ether oxygens (including phenoxy) is 1. The third-order valence-corrected chi connectivity index (χ3v) is 4.72. The van der Waals surface area contributed by atoms with Crippen LogP contribution in [-0.4, -0.2) is 43.6 Å². The van der Waals surface area contributed by atoms with Gasteiger partial charge in [-0.3, -0.25) is 9.69 Å². The Bertz CT molecular complexity index is 706. The van der Waals surface area contributed by atoms with E-state index in [9.17, 15) is 9.18 Å². The van der Waals surface area contributed by atoms with Crippen LogP contribution in [0.2, 0.25) is 0 Å². The van der Waals surface area contributed by atoms with Crippen LogP contribution in [0, 0.1) is 5.82 Å². The quantitative estimate of drug-likeness (QED) is 0.792. The summed E-state index contributed by atoms with van der Waals surface area (Å²) in [4.78, 5) is 16.7. The summed E-state index contributed by atoms with van der Waals surface area (Å²) in [5.41, 5.74) is 1.91. The summed E-state index contributed by atoms with van der Waals surface area (Å²) in [6.07, 6.45) is 0.398. The summed E-state index contributed by atoms with van der Waals surface area (Å²) in [5, 5.41) is 0. The molecule has 3 rings (SSSR count). The van der Waals surface area contributed by atoms with Crippen LogP contribution in [0.1, 0.15) is 25.0 Å². The number of benzene rings is 2. The maximum Gasteiger partial charge on any atom is 0.228 e. The van der Waals surface area contributed by atoms with E-state index in [0.717, 1.165) is 24.3 Å². The Morgan fingerprint density at radius 1 is 1.19 bits per heavy atom. The van der Waals surface area contributed by atoms with Gasteiger partial charge in [0.25, 0.3) is 0 Å². The highest BCUT2D eigenvalue weighted by Crippen LogP contribution is 2.23.